The van der Waals surface area contributed by atoms with Gasteiger partial charge in [0.1, 0.15) is 0 Å². The van der Waals surface area contributed by atoms with Gasteiger partial charge in [0, 0.05) is 37.3 Å². The number of rotatable bonds is 6. The van der Waals surface area contributed by atoms with Gasteiger partial charge in [-0.05, 0) is 55.8 Å². The van der Waals surface area contributed by atoms with Crippen LogP contribution in [0.5, 0.6) is 0 Å². The van der Waals surface area contributed by atoms with Crippen molar-refractivity contribution in [2.75, 3.05) is 0 Å². The van der Waals surface area contributed by atoms with Crippen LogP contribution in [0.25, 0.3) is 21.8 Å². The number of hydrogen-bond donors (Lipinski definition) is 3. The SMILES string of the molecule is CC(C(=O)O)c1ccc(C(=O)c2ccccc2)s1.CC(C(=O)O)c1ccc2c(c1)[nH]c1ccc(Cl)cc12. The van der Waals surface area contributed by atoms with E-state index in [4.69, 9.17) is 21.8 Å². The third kappa shape index (κ3) is 5.74. The van der Waals surface area contributed by atoms with Crippen molar-refractivity contribution in [1.82, 2.24) is 4.98 Å². The Balaban J connectivity index is 0.000000173. The second-order valence-corrected chi connectivity index (χ2v) is 10.2. The van der Waals surface area contributed by atoms with Gasteiger partial charge in [-0.1, -0.05) is 54.1 Å². The van der Waals surface area contributed by atoms with E-state index >= 15 is 0 Å². The zero-order valence-electron chi connectivity index (χ0n) is 20.1. The average Bonchev–Trinajstić information content (AvgIpc) is 3.53. The summed E-state index contributed by atoms with van der Waals surface area (Å²) in [6, 6.07) is 23.7. The normalized spacial score (nSPS) is 12.5. The highest BCUT2D eigenvalue weighted by atomic mass is 35.5. The third-order valence-electron chi connectivity index (χ3n) is 6.14. The van der Waals surface area contributed by atoms with E-state index in [1.807, 2.05) is 54.6 Å². The predicted molar refractivity (Wildman–Crippen MR) is 147 cm³/mol. The van der Waals surface area contributed by atoms with Gasteiger partial charge in [-0.25, -0.2) is 0 Å². The van der Waals surface area contributed by atoms with Crippen LogP contribution in [0.1, 0.15) is 51.4 Å². The molecule has 0 spiro atoms. The van der Waals surface area contributed by atoms with Crippen molar-refractivity contribution in [3.05, 3.63) is 105 Å². The quantitative estimate of drug-likeness (QED) is 0.198. The van der Waals surface area contributed by atoms with Crippen molar-refractivity contribution in [2.45, 2.75) is 25.7 Å². The topological polar surface area (TPSA) is 107 Å². The molecule has 188 valence electrons. The van der Waals surface area contributed by atoms with Crippen LogP contribution >= 0.6 is 22.9 Å². The Morgan fingerprint density at radius 2 is 1.49 bits per heavy atom. The number of halogens is 1. The zero-order valence-corrected chi connectivity index (χ0v) is 21.6. The standard InChI is InChI=1S/C15H12ClNO2.C14H12O3S/c1-8(15(18)19)9-2-4-11-12-7-10(16)3-5-13(12)17-14(11)6-9;1-9(14(16)17)11-7-8-12(18-11)13(15)10-5-3-2-4-6-10/h2-8,17H,1H3,(H,18,19);2-9H,1H3,(H,16,17). The molecule has 0 radical (unpaired) electrons. The number of carboxylic acid groups (broad SMARTS) is 2. The van der Waals surface area contributed by atoms with Gasteiger partial charge in [-0.2, -0.15) is 0 Å². The van der Waals surface area contributed by atoms with E-state index in [9.17, 15) is 14.4 Å². The molecule has 0 amide bonds. The summed E-state index contributed by atoms with van der Waals surface area (Å²) in [5, 5.41) is 20.8. The van der Waals surface area contributed by atoms with E-state index < -0.39 is 23.8 Å². The number of aromatic nitrogens is 1. The van der Waals surface area contributed by atoms with Crippen LogP contribution in [-0.4, -0.2) is 32.9 Å². The molecule has 2 aromatic heterocycles. The molecule has 6 nitrogen and oxygen atoms in total. The van der Waals surface area contributed by atoms with E-state index in [1.54, 1.807) is 38.1 Å². The molecular weight excluding hydrogens is 510 g/mol. The molecule has 0 bridgehead atoms. The number of aromatic amines is 1. The van der Waals surface area contributed by atoms with E-state index in [1.165, 1.54) is 11.3 Å². The van der Waals surface area contributed by atoms with Crippen LogP contribution in [-0.2, 0) is 9.59 Å². The molecule has 0 fully saturated rings. The maximum atomic E-state index is 12.1. The second kappa shape index (κ2) is 11.0. The molecule has 2 heterocycles. The monoisotopic (exact) mass is 533 g/mol. The van der Waals surface area contributed by atoms with E-state index in [0.29, 0.717) is 20.3 Å². The van der Waals surface area contributed by atoms with Gasteiger partial charge in [0.05, 0.1) is 16.7 Å². The van der Waals surface area contributed by atoms with Gasteiger partial charge < -0.3 is 15.2 Å². The van der Waals surface area contributed by atoms with Crippen LogP contribution in [0.2, 0.25) is 5.02 Å². The van der Waals surface area contributed by atoms with Crippen LogP contribution in [0, 0.1) is 0 Å². The molecule has 0 aliphatic carbocycles. The summed E-state index contributed by atoms with van der Waals surface area (Å²) >= 11 is 7.25. The first-order valence-electron chi connectivity index (χ1n) is 11.5. The number of thiophene rings is 1. The van der Waals surface area contributed by atoms with Crippen molar-refractivity contribution in [3.8, 4) is 0 Å². The number of benzene rings is 3. The molecular formula is C29H24ClNO5S. The molecule has 0 aliphatic rings. The Labute approximate surface area is 222 Å². The number of carbonyl (C=O) groups is 3. The van der Waals surface area contributed by atoms with E-state index in [2.05, 4.69) is 4.98 Å². The maximum Gasteiger partial charge on any atom is 0.311 e. The molecule has 8 heteroatoms. The summed E-state index contributed by atoms with van der Waals surface area (Å²) in [4.78, 5) is 38.6. The fraction of sp³-hybridized carbons (Fsp3) is 0.138. The molecule has 2 atom stereocenters. The minimum absolute atomic E-state index is 0.0653. The lowest BCUT2D eigenvalue weighted by Crippen LogP contribution is -2.06. The molecule has 5 rings (SSSR count). The Morgan fingerprint density at radius 1 is 0.784 bits per heavy atom. The smallest absolute Gasteiger partial charge is 0.311 e. The summed E-state index contributed by atoms with van der Waals surface area (Å²) in [7, 11) is 0. The highest BCUT2D eigenvalue weighted by Gasteiger charge is 2.19. The van der Waals surface area contributed by atoms with E-state index in [-0.39, 0.29) is 5.78 Å². The van der Waals surface area contributed by atoms with Crippen molar-refractivity contribution >= 4 is 62.5 Å². The summed E-state index contributed by atoms with van der Waals surface area (Å²) in [6.07, 6.45) is 0. The third-order valence-corrected chi connectivity index (χ3v) is 7.64. The molecule has 5 aromatic rings. The Kier molecular flexibility index (Phi) is 7.76. The van der Waals surface area contributed by atoms with Crippen LogP contribution in [0.3, 0.4) is 0 Å². The van der Waals surface area contributed by atoms with Crippen molar-refractivity contribution < 1.29 is 24.6 Å². The lowest BCUT2D eigenvalue weighted by molar-refractivity contribution is -0.139. The zero-order chi connectivity index (χ0) is 26.7. The molecule has 37 heavy (non-hydrogen) atoms. The van der Waals surface area contributed by atoms with Crippen molar-refractivity contribution in [2.24, 2.45) is 0 Å². The number of hydrogen-bond acceptors (Lipinski definition) is 4. The summed E-state index contributed by atoms with van der Waals surface area (Å²) in [5.41, 5.74) is 3.34. The van der Waals surface area contributed by atoms with Gasteiger partial charge in [0.2, 0.25) is 5.78 Å². The molecule has 0 saturated heterocycles. The second-order valence-electron chi connectivity index (χ2n) is 8.64. The Morgan fingerprint density at radius 3 is 2.16 bits per heavy atom. The van der Waals surface area contributed by atoms with E-state index in [0.717, 1.165) is 27.4 Å². The fourth-order valence-electron chi connectivity index (χ4n) is 3.87. The maximum absolute atomic E-state index is 12.1. The minimum Gasteiger partial charge on any atom is -0.481 e. The van der Waals surface area contributed by atoms with Gasteiger partial charge in [-0.3, -0.25) is 14.4 Å². The number of ketones is 1. The first-order chi connectivity index (χ1) is 17.7. The van der Waals surface area contributed by atoms with Gasteiger partial charge in [0.15, 0.2) is 0 Å². The van der Waals surface area contributed by atoms with Crippen molar-refractivity contribution in [3.63, 3.8) is 0 Å². The summed E-state index contributed by atoms with van der Waals surface area (Å²) < 4.78 is 0. The lowest BCUT2D eigenvalue weighted by atomic mass is 10.00. The average molecular weight is 534 g/mol. The predicted octanol–water partition coefficient (Wildman–Crippen LogP) is 7.33. The highest BCUT2D eigenvalue weighted by molar-refractivity contribution is 7.14. The summed E-state index contributed by atoms with van der Waals surface area (Å²) in [6.45, 7) is 3.30. The molecule has 2 unspecified atom stereocenters. The number of carbonyl (C=O) groups excluding carboxylic acids is 1. The number of fused-ring (bicyclic) bond motifs is 3. The molecule has 3 aromatic carbocycles. The Hall–Kier alpha value is -3.94. The fourth-order valence-corrected chi connectivity index (χ4v) is 5.05. The molecule has 3 N–H and O–H groups in total. The van der Waals surface area contributed by atoms with Gasteiger partial charge in [-0.15, -0.1) is 11.3 Å². The lowest BCUT2D eigenvalue weighted by Gasteiger charge is -2.06. The van der Waals surface area contributed by atoms with Crippen molar-refractivity contribution in [1.29, 1.82) is 0 Å². The summed E-state index contributed by atoms with van der Waals surface area (Å²) in [5.74, 6) is -2.86. The number of carboxylic acids is 2. The number of H-pyrrole nitrogens is 1. The molecule has 0 aliphatic heterocycles. The minimum atomic E-state index is -0.879. The molecule has 0 saturated carbocycles. The highest BCUT2D eigenvalue weighted by Crippen LogP contribution is 2.30. The van der Waals surface area contributed by atoms with Gasteiger partial charge in [0.25, 0.3) is 0 Å². The first kappa shape index (κ1) is 26.1. The first-order valence-corrected chi connectivity index (χ1v) is 12.7. The van der Waals surface area contributed by atoms with Gasteiger partial charge >= 0.3 is 11.9 Å². The van der Waals surface area contributed by atoms with Crippen LogP contribution in [0.15, 0.2) is 78.9 Å². The Bertz CT molecular complexity index is 1600. The number of nitrogens with one attached hydrogen (secondary N) is 1. The van der Waals surface area contributed by atoms with Crippen LogP contribution < -0.4 is 0 Å². The number of aliphatic carboxylic acids is 2. The largest absolute Gasteiger partial charge is 0.481 e. The van der Waals surface area contributed by atoms with Crippen LogP contribution in [0.4, 0.5) is 0 Å².